The molecular formula is C25H19Cl2IN2O3S. The number of carbonyl (C=O) groups excluding carboxylic acids is 1. The van der Waals surface area contributed by atoms with Crippen molar-refractivity contribution in [3.05, 3.63) is 89.8 Å². The highest BCUT2D eigenvalue weighted by molar-refractivity contribution is 14.1. The van der Waals surface area contributed by atoms with Gasteiger partial charge in [-0.15, -0.1) is 0 Å². The van der Waals surface area contributed by atoms with Crippen molar-refractivity contribution in [3.8, 4) is 11.5 Å². The number of benzene rings is 3. The molecule has 1 heterocycles. The lowest BCUT2D eigenvalue weighted by Gasteiger charge is -2.14. The lowest BCUT2D eigenvalue weighted by Crippen LogP contribution is -2.19. The van der Waals surface area contributed by atoms with Crippen molar-refractivity contribution in [2.24, 2.45) is 4.99 Å². The van der Waals surface area contributed by atoms with E-state index in [9.17, 15) is 4.79 Å². The fourth-order valence-electron chi connectivity index (χ4n) is 3.16. The number of amidine groups is 1. The first-order valence-electron chi connectivity index (χ1n) is 10.1. The van der Waals surface area contributed by atoms with Gasteiger partial charge in [-0.1, -0.05) is 41.4 Å². The van der Waals surface area contributed by atoms with Crippen LogP contribution in [0.15, 0.2) is 64.5 Å². The van der Waals surface area contributed by atoms with Crippen LogP contribution in [0.2, 0.25) is 10.0 Å². The van der Waals surface area contributed by atoms with Gasteiger partial charge in [0.05, 0.1) is 21.3 Å². The fourth-order valence-corrected chi connectivity index (χ4v) is 5.07. The second-order valence-electron chi connectivity index (χ2n) is 7.31. The molecule has 3 aromatic rings. The number of hydrogen-bond acceptors (Lipinski definition) is 5. The third kappa shape index (κ3) is 5.89. The van der Waals surface area contributed by atoms with E-state index in [1.165, 1.54) is 11.8 Å². The summed E-state index contributed by atoms with van der Waals surface area (Å²) in [5.41, 5.74) is 3.39. The molecule has 1 aliphatic heterocycles. The molecule has 0 saturated carbocycles. The second-order valence-corrected chi connectivity index (χ2v) is 10.4. The Morgan fingerprint density at radius 3 is 2.65 bits per heavy atom. The number of carbonyl (C=O) groups is 1. The van der Waals surface area contributed by atoms with Crippen LogP contribution in [-0.4, -0.2) is 18.2 Å². The predicted molar refractivity (Wildman–Crippen MR) is 148 cm³/mol. The van der Waals surface area contributed by atoms with Crippen LogP contribution in [0.25, 0.3) is 6.08 Å². The molecule has 0 unspecified atom stereocenters. The van der Waals surface area contributed by atoms with Crippen LogP contribution >= 0.6 is 57.6 Å². The number of aliphatic imine (C=N–C) groups is 1. The van der Waals surface area contributed by atoms with Gasteiger partial charge in [0.25, 0.3) is 5.91 Å². The van der Waals surface area contributed by atoms with Gasteiger partial charge in [-0.25, -0.2) is 4.99 Å². The van der Waals surface area contributed by atoms with E-state index in [1.807, 2.05) is 61.5 Å². The first-order chi connectivity index (χ1) is 16.3. The number of hydrogen-bond donors (Lipinski definition) is 1. The minimum absolute atomic E-state index is 0.208. The number of nitrogens with one attached hydrogen (secondary N) is 1. The Kier molecular flexibility index (Phi) is 8.08. The predicted octanol–water partition coefficient (Wildman–Crippen LogP) is 7.39. The molecule has 0 radical (unpaired) electrons. The number of thioether (sulfide) groups is 1. The van der Waals surface area contributed by atoms with E-state index in [0.29, 0.717) is 38.2 Å². The first-order valence-corrected chi connectivity index (χ1v) is 12.8. The highest BCUT2D eigenvalue weighted by Crippen LogP contribution is 2.37. The molecular weight excluding hydrogens is 606 g/mol. The molecule has 0 atom stereocenters. The van der Waals surface area contributed by atoms with E-state index < -0.39 is 0 Å². The number of nitrogens with zero attached hydrogens (tertiary/aromatic N) is 1. The number of ether oxygens (including phenoxy) is 2. The van der Waals surface area contributed by atoms with E-state index in [-0.39, 0.29) is 5.91 Å². The molecule has 5 nitrogen and oxygen atoms in total. The Hall–Kier alpha value is -2.20. The van der Waals surface area contributed by atoms with Crippen LogP contribution in [-0.2, 0) is 11.4 Å². The molecule has 1 amide bonds. The lowest BCUT2D eigenvalue weighted by molar-refractivity contribution is -0.115. The molecule has 0 aromatic heterocycles. The Bertz CT molecular complexity index is 1310. The summed E-state index contributed by atoms with van der Waals surface area (Å²) in [5.74, 6) is 1.02. The summed E-state index contributed by atoms with van der Waals surface area (Å²) < 4.78 is 12.5. The molecule has 34 heavy (non-hydrogen) atoms. The van der Waals surface area contributed by atoms with E-state index in [4.69, 9.17) is 32.7 Å². The summed E-state index contributed by atoms with van der Waals surface area (Å²) in [6, 6.07) is 16.8. The zero-order valence-corrected chi connectivity index (χ0v) is 22.7. The van der Waals surface area contributed by atoms with Crippen molar-refractivity contribution in [1.29, 1.82) is 0 Å². The summed E-state index contributed by atoms with van der Waals surface area (Å²) in [4.78, 5) is 17.6. The molecule has 1 N–H and O–H groups in total. The Morgan fingerprint density at radius 1 is 1.15 bits per heavy atom. The van der Waals surface area contributed by atoms with Gasteiger partial charge in [0, 0.05) is 10.0 Å². The molecule has 0 spiro atoms. The quantitative estimate of drug-likeness (QED) is 0.230. The molecule has 0 bridgehead atoms. The molecule has 9 heteroatoms. The maximum absolute atomic E-state index is 12.5. The third-order valence-electron chi connectivity index (χ3n) is 4.96. The number of methoxy groups -OCH3 is 1. The zero-order valence-electron chi connectivity index (χ0n) is 18.2. The van der Waals surface area contributed by atoms with Crippen molar-refractivity contribution in [3.63, 3.8) is 0 Å². The van der Waals surface area contributed by atoms with Gasteiger partial charge in [0.1, 0.15) is 6.61 Å². The summed E-state index contributed by atoms with van der Waals surface area (Å²) in [6.45, 7) is 2.27. The Labute approximate surface area is 225 Å². The van der Waals surface area contributed by atoms with Crippen LogP contribution in [0.5, 0.6) is 11.5 Å². The van der Waals surface area contributed by atoms with Gasteiger partial charge in [-0.2, -0.15) is 0 Å². The van der Waals surface area contributed by atoms with Gasteiger partial charge in [0.2, 0.25) is 0 Å². The Morgan fingerprint density at radius 2 is 1.91 bits per heavy atom. The highest BCUT2D eigenvalue weighted by Gasteiger charge is 2.24. The van der Waals surface area contributed by atoms with Crippen molar-refractivity contribution in [2.45, 2.75) is 13.5 Å². The number of halogens is 3. The molecule has 1 fully saturated rings. The van der Waals surface area contributed by atoms with Crippen LogP contribution < -0.4 is 14.8 Å². The first kappa shape index (κ1) is 24.9. The molecule has 1 saturated heterocycles. The van der Waals surface area contributed by atoms with Crippen LogP contribution in [0.4, 0.5) is 5.69 Å². The molecule has 0 aliphatic carbocycles. The topological polar surface area (TPSA) is 59.9 Å². The van der Waals surface area contributed by atoms with Gasteiger partial charge in [-0.05, 0) is 100 Å². The SMILES string of the molecule is COc1cc(/C=C2\SC(=Nc3cccc(Cl)c3C)NC2=O)cc(I)c1OCc1ccc(Cl)cc1. The summed E-state index contributed by atoms with van der Waals surface area (Å²) in [7, 11) is 1.59. The Balaban J connectivity index is 1.54. The standard InChI is InChI=1S/C25H19Cl2IN2O3S/c1-14-18(27)4-3-5-20(14)29-25-30-24(31)22(34-25)12-16-10-19(28)23(21(11-16)32-2)33-13-15-6-8-17(26)9-7-15/h3-12H,13H2,1-2H3,(H,29,30,31)/b22-12-. The van der Waals surface area contributed by atoms with Gasteiger partial charge < -0.3 is 14.8 Å². The van der Waals surface area contributed by atoms with Gasteiger partial charge >= 0.3 is 0 Å². The van der Waals surface area contributed by atoms with Crippen molar-refractivity contribution in [2.75, 3.05) is 7.11 Å². The largest absolute Gasteiger partial charge is 0.493 e. The van der Waals surface area contributed by atoms with E-state index >= 15 is 0 Å². The van der Waals surface area contributed by atoms with Crippen LogP contribution in [0.3, 0.4) is 0 Å². The van der Waals surface area contributed by atoms with E-state index in [2.05, 4.69) is 32.9 Å². The molecule has 4 rings (SSSR count). The van der Waals surface area contributed by atoms with Gasteiger partial charge in [0.15, 0.2) is 16.7 Å². The van der Waals surface area contributed by atoms with Crippen molar-refractivity contribution < 1.29 is 14.3 Å². The average Bonchev–Trinajstić information content (AvgIpc) is 3.15. The summed E-state index contributed by atoms with van der Waals surface area (Å²) in [5, 5.41) is 4.63. The van der Waals surface area contributed by atoms with Crippen LogP contribution in [0.1, 0.15) is 16.7 Å². The molecule has 1 aliphatic rings. The number of rotatable bonds is 6. The van der Waals surface area contributed by atoms with Crippen molar-refractivity contribution in [1.82, 2.24) is 5.32 Å². The third-order valence-corrected chi connectivity index (χ3v) is 7.33. The van der Waals surface area contributed by atoms with Crippen molar-refractivity contribution >= 4 is 80.4 Å². The summed E-state index contributed by atoms with van der Waals surface area (Å²) >= 11 is 15.6. The number of amides is 1. The van der Waals surface area contributed by atoms with Crippen LogP contribution in [0, 0.1) is 10.5 Å². The maximum Gasteiger partial charge on any atom is 0.264 e. The monoisotopic (exact) mass is 624 g/mol. The second kappa shape index (κ2) is 11.0. The molecule has 3 aromatic carbocycles. The minimum atomic E-state index is -0.208. The van der Waals surface area contributed by atoms with Gasteiger partial charge in [-0.3, -0.25) is 4.79 Å². The maximum atomic E-state index is 12.5. The lowest BCUT2D eigenvalue weighted by atomic mass is 10.2. The zero-order chi connectivity index (χ0) is 24.2. The minimum Gasteiger partial charge on any atom is -0.493 e. The van der Waals surface area contributed by atoms with E-state index in [1.54, 1.807) is 13.2 Å². The fraction of sp³-hybridized carbons (Fsp3) is 0.120. The average molecular weight is 625 g/mol. The molecule has 174 valence electrons. The normalized spacial score (nSPS) is 15.6. The summed E-state index contributed by atoms with van der Waals surface area (Å²) in [6.07, 6.45) is 1.81. The highest BCUT2D eigenvalue weighted by atomic mass is 127. The van der Waals surface area contributed by atoms with E-state index in [0.717, 1.165) is 25.9 Å². The smallest absolute Gasteiger partial charge is 0.264 e.